The Labute approximate surface area is 85.6 Å². The smallest absolute Gasteiger partial charge is 0.0646 e. The third-order valence-electron chi connectivity index (χ3n) is 1.57. The van der Waals surface area contributed by atoms with Crippen LogP contribution in [0.3, 0.4) is 0 Å². The molecule has 3 heteroatoms. The lowest BCUT2D eigenvalue weighted by Crippen LogP contribution is -1.82. The lowest BCUT2D eigenvalue weighted by atomic mass is 10.3. The number of hydrogen-bond donors (Lipinski definition) is 1. The van der Waals surface area contributed by atoms with Gasteiger partial charge in [0.05, 0.1) is 4.21 Å². The molecule has 2 rings (SSSR count). The number of benzene rings is 1. The normalized spacial score (nSPS) is 10.2. The molecule has 2 aromatic rings. The Morgan fingerprint density at radius 3 is 2.77 bits per heavy atom. The molecule has 0 fully saturated rings. The highest BCUT2D eigenvalue weighted by atomic mass is 32.2. The van der Waals surface area contributed by atoms with Gasteiger partial charge < -0.3 is 5.73 Å². The van der Waals surface area contributed by atoms with Gasteiger partial charge in [-0.1, -0.05) is 23.9 Å². The molecule has 1 aromatic carbocycles. The minimum Gasteiger partial charge on any atom is -0.399 e. The summed E-state index contributed by atoms with van der Waals surface area (Å²) in [6.45, 7) is 0. The molecule has 0 saturated carbocycles. The third-order valence-corrected chi connectivity index (χ3v) is 3.60. The fraction of sp³-hybridized carbons (Fsp3) is 0. The first-order valence-corrected chi connectivity index (χ1v) is 5.61. The van der Waals surface area contributed by atoms with E-state index in [1.54, 1.807) is 23.1 Å². The molecule has 13 heavy (non-hydrogen) atoms. The van der Waals surface area contributed by atoms with Gasteiger partial charge in [-0.25, -0.2) is 0 Å². The van der Waals surface area contributed by atoms with Gasteiger partial charge in [-0.05, 0) is 29.6 Å². The second kappa shape index (κ2) is 3.85. The van der Waals surface area contributed by atoms with E-state index in [0.29, 0.717) is 0 Å². The van der Waals surface area contributed by atoms with Crippen LogP contribution in [0.15, 0.2) is 50.9 Å². The summed E-state index contributed by atoms with van der Waals surface area (Å²) < 4.78 is 1.30. The Hall–Kier alpha value is -0.930. The first kappa shape index (κ1) is 8.66. The van der Waals surface area contributed by atoms with Crippen LogP contribution in [0.25, 0.3) is 0 Å². The van der Waals surface area contributed by atoms with E-state index in [9.17, 15) is 0 Å². The molecule has 1 nitrogen and oxygen atoms in total. The predicted octanol–water partition coefficient (Wildman–Crippen LogP) is 3.48. The van der Waals surface area contributed by atoms with Crippen LogP contribution < -0.4 is 5.73 Å². The average Bonchev–Trinajstić information content (AvgIpc) is 2.57. The largest absolute Gasteiger partial charge is 0.399 e. The van der Waals surface area contributed by atoms with Crippen molar-refractivity contribution in [1.29, 1.82) is 0 Å². The van der Waals surface area contributed by atoms with E-state index < -0.39 is 0 Å². The lowest BCUT2D eigenvalue weighted by Gasteiger charge is -1.98. The van der Waals surface area contributed by atoms with Crippen molar-refractivity contribution in [3.05, 3.63) is 41.8 Å². The Kier molecular flexibility index (Phi) is 2.57. The van der Waals surface area contributed by atoms with Crippen molar-refractivity contribution in [3.8, 4) is 0 Å². The van der Waals surface area contributed by atoms with Crippen LogP contribution in [0.1, 0.15) is 0 Å². The quantitative estimate of drug-likeness (QED) is 0.763. The Morgan fingerprint density at radius 1 is 1.15 bits per heavy atom. The van der Waals surface area contributed by atoms with E-state index in [4.69, 9.17) is 5.73 Å². The topological polar surface area (TPSA) is 26.0 Å². The number of nitrogen functional groups attached to an aromatic ring is 1. The van der Waals surface area contributed by atoms with Crippen molar-refractivity contribution in [3.63, 3.8) is 0 Å². The maximum Gasteiger partial charge on any atom is 0.0646 e. The van der Waals surface area contributed by atoms with E-state index in [1.807, 2.05) is 18.2 Å². The van der Waals surface area contributed by atoms with Crippen LogP contribution in [0.4, 0.5) is 5.69 Å². The van der Waals surface area contributed by atoms with Crippen molar-refractivity contribution >= 4 is 28.8 Å². The van der Waals surface area contributed by atoms with E-state index in [0.717, 1.165) is 5.69 Å². The number of nitrogens with two attached hydrogens (primary N) is 1. The molecule has 0 atom stereocenters. The number of rotatable bonds is 2. The second-order valence-electron chi connectivity index (χ2n) is 2.61. The maximum atomic E-state index is 5.68. The van der Waals surface area contributed by atoms with Gasteiger partial charge in [0.1, 0.15) is 0 Å². The molecule has 0 radical (unpaired) electrons. The molecular formula is C10H9NS2. The van der Waals surface area contributed by atoms with Crippen LogP contribution >= 0.6 is 23.1 Å². The van der Waals surface area contributed by atoms with Gasteiger partial charge in [-0.3, -0.25) is 0 Å². The SMILES string of the molecule is Nc1cccc(Sc2cccs2)c1. The number of thiophene rings is 1. The van der Waals surface area contributed by atoms with Crippen molar-refractivity contribution in [2.24, 2.45) is 0 Å². The first-order chi connectivity index (χ1) is 6.34. The fourth-order valence-electron chi connectivity index (χ4n) is 1.02. The third kappa shape index (κ3) is 2.26. The summed E-state index contributed by atoms with van der Waals surface area (Å²) in [6, 6.07) is 12.1. The molecule has 0 saturated heterocycles. The van der Waals surface area contributed by atoms with E-state index in [-0.39, 0.29) is 0 Å². The van der Waals surface area contributed by atoms with Gasteiger partial charge >= 0.3 is 0 Å². The van der Waals surface area contributed by atoms with E-state index in [1.165, 1.54) is 9.10 Å². The molecule has 0 aliphatic carbocycles. The second-order valence-corrected chi connectivity index (χ2v) is 4.93. The minimum absolute atomic E-state index is 0.821. The van der Waals surface area contributed by atoms with Crippen LogP contribution in [0, 0.1) is 0 Å². The summed E-state index contributed by atoms with van der Waals surface area (Å²) in [7, 11) is 0. The standard InChI is InChI=1S/C10H9NS2/c11-8-3-1-4-9(7-8)13-10-5-2-6-12-10/h1-7H,11H2. The van der Waals surface area contributed by atoms with Crippen LogP contribution in [-0.4, -0.2) is 0 Å². The molecule has 0 unspecified atom stereocenters. The summed E-state index contributed by atoms with van der Waals surface area (Å²) >= 11 is 3.49. The molecule has 0 amide bonds. The van der Waals surface area contributed by atoms with E-state index >= 15 is 0 Å². The molecule has 66 valence electrons. The average molecular weight is 207 g/mol. The summed E-state index contributed by atoms with van der Waals surface area (Å²) in [5, 5.41) is 2.08. The van der Waals surface area contributed by atoms with Crippen LogP contribution in [0.5, 0.6) is 0 Å². The number of hydrogen-bond acceptors (Lipinski definition) is 3. The zero-order chi connectivity index (χ0) is 9.10. The van der Waals surface area contributed by atoms with Crippen LogP contribution in [0.2, 0.25) is 0 Å². The fourth-order valence-corrected chi connectivity index (χ4v) is 2.83. The van der Waals surface area contributed by atoms with Crippen molar-refractivity contribution in [1.82, 2.24) is 0 Å². The summed E-state index contributed by atoms with van der Waals surface area (Å²) in [4.78, 5) is 1.20. The molecule has 1 aromatic heterocycles. The van der Waals surface area contributed by atoms with Gasteiger partial charge in [0.25, 0.3) is 0 Å². The monoisotopic (exact) mass is 207 g/mol. The van der Waals surface area contributed by atoms with Crippen molar-refractivity contribution < 1.29 is 0 Å². The first-order valence-electron chi connectivity index (χ1n) is 3.91. The predicted molar refractivity (Wildman–Crippen MR) is 59.3 cm³/mol. The van der Waals surface area contributed by atoms with Gasteiger partial charge in [-0.15, -0.1) is 11.3 Å². The highest BCUT2D eigenvalue weighted by molar-refractivity contribution is 8.01. The molecule has 0 bridgehead atoms. The van der Waals surface area contributed by atoms with Crippen molar-refractivity contribution in [2.75, 3.05) is 5.73 Å². The molecule has 0 aliphatic heterocycles. The van der Waals surface area contributed by atoms with Gasteiger partial charge in [-0.2, -0.15) is 0 Å². The zero-order valence-corrected chi connectivity index (χ0v) is 8.57. The zero-order valence-electron chi connectivity index (χ0n) is 6.94. The maximum absolute atomic E-state index is 5.68. The highest BCUT2D eigenvalue weighted by Gasteiger charge is 1.97. The molecule has 0 spiro atoms. The van der Waals surface area contributed by atoms with Gasteiger partial charge in [0, 0.05) is 10.6 Å². The summed E-state index contributed by atoms with van der Waals surface area (Å²) in [5.41, 5.74) is 6.50. The molecule has 0 aliphatic rings. The number of anilines is 1. The molecule has 2 N–H and O–H groups in total. The van der Waals surface area contributed by atoms with E-state index in [2.05, 4.69) is 23.6 Å². The van der Waals surface area contributed by atoms with Gasteiger partial charge in [0.2, 0.25) is 0 Å². The summed E-state index contributed by atoms with van der Waals surface area (Å²) in [5.74, 6) is 0. The lowest BCUT2D eigenvalue weighted by molar-refractivity contribution is 1.46. The highest BCUT2D eigenvalue weighted by Crippen LogP contribution is 2.31. The molecule has 1 heterocycles. The minimum atomic E-state index is 0.821. The Morgan fingerprint density at radius 2 is 2.08 bits per heavy atom. The Balaban J connectivity index is 2.19. The summed E-state index contributed by atoms with van der Waals surface area (Å²) in [6.07, 6.45) is 0. The Bertz CT molecular complexity index is 382. The molecular weight excluding hydrogens is 198 g/mol. The van der Waals surface area contributed by atoms with Crippen molar-refractivity contribution in [2.45, 2.75) is 9.10 Å². The van der Waals surface area contributed by atoms with Gasteiger partial charge in [0.15, 0.2) is 0 Å². The van der Waals surface area contributed by atoms with Crippen LogP contribution in [-0.2, 0) is 0 Å².